The number of hydrogen-bond acceptors (Lipinski definition) is 5. The molecular weight excluding hydrogens is 332 g/mol. The molecule has 2 aromatic rings. The zero-order valence-electron chi connectivity index (χ0n) is 13.1. The Hall–Kier alpha value is -3.22. The van der Waals surface area contributed by atoms with Gasteiger partial charge in [0.15, 0.2) is 5.70 Å². The van der Waals surface area contributed by atoms with E-state index in [1.165, 1.54) is 25.3 Å². The number of ether oxygens (including phenoxy) is 3. The molecule has 2 aromatic carbocycles. The van der Waals surface area contributed by atoms with Crippen LogP contribution in [0.2, 0.25) is 0 Å². The summed E-state index contributed by atoms with van der Waals surface area (Å²) >= 11 is 0. The van der Waals surface area contributed by atoms with Crippen LogP contribution in [0.3, 0.4) is 0 Å². The van der Waals surface area contributed by atoms with Crippen LogP contribution in [0.4, 0.5) is 8.78 Å². The Kier molecular flexibility index (Phi) is 4.74. The molecule has 0 spiro atoms. The standard InChI is InChI=1S/C18H13F2NO4/c1-23-13-7-4-6-12(9-13)16-21-14(17(22)25-16)10-11-5-2-3-8-15(11)24-18(19)20/h2-10,18H,1H3/b14-10-. The summed E-state index contributed by atoms with van der Waals surface area (Å²) in [7, 11) is 1.52. The van der Waals surface area contributed by atoms with Gasteiger partial charge in [-0.15, -0.1) is 0 Å². The van der Waals surface area contributed by atoms with Gasteiger partial charge in [0, 0.05) is 11.1 Å². The van der Waals surface area contributed by atoms with Crippen LogP contribution in [0.25, 0.3) is 6.08 Å². The van der Waals surface area contributed by atoms with Crippen molar-refractivity contribution in [3.63, 3.8) is 0 Å². The third-order valence-electron chi connectivity index (χ3n) is 3.36. The Morgan fingerprint density at radius 3 is 2.72 bits per heavy atom. The number of para-hydroxylation sites is 1. The molecule has 1 heterocycles. The summed E-state index contributed by atoms with van der Waals surface area (Å²) in [5.41, 5.74) is 0.849. The molecule has 128 valence electrons. The number of hydrogen-bond donors (Lipinski definition) is 0. The average molecular weight is 345 g/mol. The second kappa shape index (κ2) is 7.12. The molecule has 0 bridgehead atoms. The molecule has 0 radical (unpaired) electrons. The quantitative estimate of drug-likeness (QED) is 0.613. The summed E-state index contributed by atoms with van der Waals surface area (Å²) in [5.74, 6) is -0.0285. The van der Waals surface area contributed by atoms with Crippen molar-refractivity contribution in [2.75, 3.05) is 7.11 Å². The smallest absolute Gasteiger partial charge is 0.387 e. The van der Waals surface area contributed by atoms with Crippen LogP contribution in [-0.2, 0) is 9.53 Å². The molecule has 0 saturated carbocycles. The lowest BCUT2D eigenvalue weighted by molar-refractivity contribution is -0.129. The number of methoxy groups -OCH3 is 1. The maximum Gasteiger partial charge on any atom is 0.387 e. The fourth-order valence-electron chi connectivity index (χ4n) is 2.24. The number of carbonyl (C=O) groups excluding carboxylic acids is 1. The highest BCUT2D eigenvalue weighted by Crippen LogP contribution is 2.26. The van der Waals surface area contributed by atoms with Gasteiger partial charge in [0.25, 0.3) is 0 Å². The van der Waals surface area contributed by atoms with Crippen molar-refractivity contribution in [3.8, 4) is 11.5 Å². The van der Waals surface area contributed by atoms with E-state index in [0.717, 1.165) is 0 Å². The van der Waals surface area contributed by atoms with Crippen molar-refractivity contribution in [1.29, 1.82) is 0 Å². The first-order valence-electron chi connectivity index (χ1n) is 7.27. The van der Waals surface area contributed by atoms with Gasteiger partial charge in [0.2, 0.25) is 5.90 Å². The monoisotopic (exact) mass is 345 g/mol. The van der Waals surface area contributed by atoms with Gasteiger partial charge in [-0.3, -0.25) is 0 Å². The van der Waals surface area contributed by atoms with Crippen LogP contribution in [0.15, 0.2) is 59.2 Å². The van der Waals surface area contributed by atoms with Gasteiger partial charge in [-0.25, -0.2) is 9.79 Å². The van der Waals surface area contributed by atoms with Gasteiger partial charge < -0.3 is 14.2 Å². The van der Waals surface area contributed by atoms with Crippen molar-refractivity contribution in [2.24, 2.45) is 4.99 Å². The molecule has 0 atom stereocenters. The predicted molar refractivity (Wildman–Crippen MR) is 86.7 cm³/mol. The molecule has 1 aliphatic heterocycles. The fraction of sp³-hybridized carbons (Fsp3) is 0.111. The molecule has 0 fully saturated rings. The minimum Gasteiger partial charge on any atom is -0.497 e. The number of cyclic esters (lactones) is 1. The lowest BCUT2D eigenvalue weighted by Gasteiger charge is -2.07. The summed E-state index contributed by atoms with van der Waals surface area (Å²) in [6, 6.07) is 13.0. The van der Waals surface area contributed by atoms with Gasteiger partial charge in [0.1, 0.15) is 11.5 Å². The van der Waals surface area contributed by atoms with E-state index in [1.807, 2.05) is 0 Å². The molecule has 0 aliphatic carbocycles. The van der Waals surface area contributed by atoms with E-state index >= 15 is 0 Å². The summed E-state index contributed by atoms with van der Waals surface area (Å²) in [4.78, 5) is 16.2. The van der Waals surface area contributed by atoms with Crippen LogP contribution in [0, 0.1) is 0 Å². The number of halogens is 2. The lowest BCUT2D eigenvalue weighted by atomic mass is 10.1. The Bertz CT molecular complexity index is 862. The minimum absolute atomic E-state index is 0.0110. The number of esters is 1. The van der Waals surface area contributed by atoms with Crippen molar-refractivity contribution in [3.05, 3.63) is 65.4 Å². The Morgan fingerprint density at radius 2 is 1.96 bits per heavy atom. The molecule has 0 amide bonds. The normalized spacial score (nSPS) is 15.3. The Labute approximate surface area is 142 Å². The SMILES string of the molecule is COc1cccc(C2=N/C(=C\c3ccccc3OC(F)F)C(=O)O2)c1. The van der Waals surface area contributed by atoms with Gasteiger partial charge in [-0.05, 0) is 30.3 Å². The fourth-order valence-corrected chi connectivity index (χ4v) is 2.24. The van der Waals surface area contributed by atoms with Gasteiger partial charge in [-0.1, -0.05) is 24.3 Å². The molecular formula is C18H13F2NO4. The number of rotatable bonds is 5. The number of benzene rings is 2. The first kappa shape index (κ1) is 16.6. The highest BCUT2D eigenvalue weighted by Gasteiger charge is 2.25. The molecule has 0 unspecified atom stereocenters. The zero-order chi connectivity index (χ0) is 17.8. The third kappa shape index (κ3) is 3.82. The summed E-state index contributed by atoms with van der Waals surface area (Å²) in [5, 5.41) is 0. The van der Waals surface area contributed by atoms with Gasteiger partial charge in [0.05, 0.1) is 7.11 Å². The second-order valence-electron chi connectivity index (χ2n) is 4.98. The molecule has 0 N–H and O–H groups in total. The van der Waals surface area contributed by atoms with Crippen molar-refractivity contribution in [2.45, 2.75) is 6.61 Å². The molecule has 25 heavy (non-hydrogen) atoms. The van der Waals surface area contributed by atoms with E-state index in [4.69, 9.17) is 9.47 Å². The summed E-state index contributed by atoms with van der Waals surface area (Å²) in [6.07, 6.45) is 1.34. The number of aliphatic imine (C=N–C) groups is 1. The Morgan fingerprint density at radius 1 is 1.16 bits per heavy atom. The number of nitrogens with zero attached hydrogens (tertiary/aromatic N) is 1. The van der Waals surface area contributed by atoms with Crippen molar-refractivity contribution >= 4 is 17.9 Å². The average Bonchev–Trinajstić information content (AvgIpc) is 2.97. The highest BCUT2D eigenvalue weighted by molar-refractivity contribution is 6.13. The van der Waals surface area contributed by atoms with E-state index in [0.29, 0.717) is 16.9 Å². The largest absolute Gasteiger partial charge is 0.497 e. The number of carbonyl (C=O) groups is 1. The second-order valence-corrected chi connectivity index (χ2v) is 4.98. The third-order valence-corrected chi connectivity index (χ3v) is 3.36. The molecule has 7 heteroatoms. The summed E-state index contributed by atoms with van der Waals surface area (Å²) < 4.78 is 39.7. The van der Waals surface area contributed by atoms with Crippen LogP contribution in [0.5, 0.6) is 11.5 Å². The lowest BCUT2D eigenvalue weighted by Crippen LogP contribution is -2.05. The maximum absolute atomic E-state index is 12.5. The number of alkyl halides is 2. The van der Waals surface area contributed by atoms with Crippen LogP contribution >= 0.6 is 0 Å². The van der Waals surface area contributed by atoms with E-state index in [-0.39, 0.29) is 17.3 Å². The first-order valence-corrected chi connectivity index (χ1v) is 7.27. The van der Waals surface area contributed by atoms with Crippen molar-refractivity contribution in [1.82, 2.24) is 0 Å². The topological polar surface area (TPSA) is 57.1 Å². The van der Waals surface area contributed by atoms with Crippen molar-refractivity contribution < 1.29 is 27.8 Å². The Balaban J connectivity index is 1.94. The zero-order valence-corrected chi connectivity index (χ0v) is 13.1. The molecule has 5 nitrogen and oxygen atoms in total. The van der Waals surface area contributed by atoms with E-state index in [2.05, 4.69) is 9.73 Å². The van der Waals surface area contributed by atoms with Crippen LogP contribution in [-0.4, -0.2) is 25.6 Å². The van der Waals surface area contributed by atoms with Crippen LogP contribution < -0.4 is 9.47 Å². The predicted octanol–water partition coefficient (Wildman–Crippen LogP) is 3.64. The molecule has 0 saturated heterocycles. The first-order chi connectivity index (χ1) is 12.1. The van der Waals surface area contributed by atoms with E-state index < -0.39 is 12.6 Å². The molecule has 3 rings (SSSR count). The minimum atomic E-state index is -2.97. The van der Waals surface area contributed by atoms with E-state index in [1.54, 1.807) is 36.4 Å². The highest BCUT2D eigenvalue weighted by atomic mass is 19.3. The van der Waals surface area contributed by atoms with E-state index in [9.17, 15) is 13.6 Å². The van der Waals surface area contributed by atoms with Crippen LogP contribution in [0.1, 0.15) is 11.1 Å². The van der Waals surface area contributed by atoms with Gasteiger partial charge >= 0.3 is 12.6 Å². The molecule has 0 aromatic heterocycles. The van der Waals surface area contributed by atoms with Gasteiger partial charge in [-0.2, -0.15) is 8.78 Å². The maximum atomic E-state index is 12.5. The summed E-state index contributed by atoms with van der Waals surface area (Å²) in [6.45, 7) is -2.97. The molecule has 1 aliphatic rings.